The predicted octanol–water partition coefficient (Wildman–Crippen LogP) is 1.37. The van der Waals surface area contributed by atoms with Crippen molar-refractivity contribution in [2.75, 3.05) is 0 Å². The van der Waals surface area contributed by atoms with Gasteiger partial charge in [0.15, 0.2) is 0 Å². The van der Waals surface area contributed by atoms with Crippen LogP contribution >= 0.6 is 0 Å². The van der Waals surface area contributed by atoms with Gasteiger partial charge in [-0.15, -0.1) is 0 Å². The van der Waals surface area contributed by atoms with Crippen LogP contribution < -0.4 is 11.0 Å². The number of rotatable bonds is 3. The van der Waals surface area contributed by atoms with Crippen molar-refractivity contribution in [3.63, 3.8) is 0 Å². The van der Waals surface area contributed by atoms with Crippen LogP contribution in [0.4, 0.5) is 0 Å². The van der Waals surface area contributed by atoms with Crippen LogP contribution in [-0.4, -0.2) is 15.2 Å². The quantitative estimate of drug-likeness (QED) is 0.869. The average Bonchev–Trinajstić information content (AvgIpc) is 2.52. The maximum absolute atomic E-state index is 11.8. The first kappa shape index (κ1) is 11.9. The molecule has 1 heterocycles. The Morgan fingerprint density at radius 2 is 1.82 bits per heavy atom. The number of fused-ring (bicyclic) bond motifs is 1. The van der Waals surface area contributed by atoms with Gasteiger partial charge in [0.2, 0.25) is 0 Å². The van der Waals surface area contributed by atoms with Crippen molar-refractivity contribution in [3.05, 3.63) is 34.2 Å². The van der Waals surface area contributed by atoms with E-state index in [9.17, 15) is 4.79 Å². The molecule has 0 aliphatic rings. The zero-order valence-corrected chi connectivity index (χ0v) is 10.8. The SMILES string of the molecule is CC(C)NCc1ccc2c(c1)n(C)c(=O)n2C. The van der Waals surface area contributed by atoms with Crippen LogP contribution in [0.3, 0.4) is 0 Å². The molecule has 0 saturated carbocycles. The lowest BCUT2D eigenvalue weighted by Crippen LogP contribution is -2.21. The van der Waals surface area contributed by atoms with Crippen molar-refractivity contribution in [1.82, 2.24) is 14.5 Å². The fourth-order valence-electron chi connectivity index (χ4n) is 1.98. The van der Waals surface area contributed by atoms with Crippen molar-refractivity contribution >= 4 is 11.0 Å². The van der Waals surface area contributed by atoms with Crippen LogP contribution in [-0.2, 0) is 20.6 Å². The number of nitrogens with zero attached hydrogens (tertiary/aromatic N) is 2. The summed E-state index contributed by atoms with van der Waals surface area (Å²) in [6, 6.07) is 6.61. The molecule has 0 spiro atoms. The number of aryl methyl sites for hydroxylation is 2. The Morgan fingerprint density at radius 1 is 1.18 bits per heavy atom. The number of hydrogen-bond acceptors (Lipinski definition) is 2. The van der Waals surface area contributed by atoms with E-state index >= 15 is 0 Å². The number of nitrogens with one attached hydrogen (secondary N) is 1. The summed E-state index contributed by atoms with van der Waals surface area (Å²) in [4.78, 5) is 11.8. The van der Waals surface area contributed by atoms with E-state index in [2.05, 4.69) is 31.3 Å². The van der Waals surface area contributed by atoms with E-state index in [1.54, 1.807) is 16.2 Å². The van der Waals surface area contributed by atoms with E-state index in [0.29, 0.717) is 6.04 Å². The smallest absolute Gasteiger partial charge is 0.310 e. The highest BCUT2D eigenvalue weighted by Gasteiger charge is 2.07. The molecule has 0 bridgehead atoms. The molecule has 17 heavy (non-hydrogen) atoms. The van der Waals surface area contributed by atoms with E-state index < -0.39 is 0 Å². The molecule has 0 saturated heterocycles. The summed E-state index contributed by atoms with van der Waals surface area (Å²) in [5.74, 6) is 0. The number of imidazole rings is 1. The molecule has 0 aliphatic carbocycles. The van der Waals surface area contributed by atoms with Crippen molar-refractivity contribution in [3.8, 4) is 0 Å². The summed E-state index contributed by atoms with van der Waals surface area (Å²) >= 11 is 0. The number of aromatic nitrogens is 2. The van der Waals surface area contributed by atoms with Gasteiger partial charge in [-0.05, 0) is 17.7 Å². The highest BCUT2D eigenvalue weighted by Crippen LogP contribution is 2.13. The van der Waals surface area contributed by atoms with Gasteiger partial charge in [-0.3, -0.25) is 9.13 Å². The number of hydrogen-bond donors (Lipinski definition) is 1. The molecule has 0 amide bonds. The lowest BCUT2D eigenvalue weighted by Gasteiger charge is -2.08. The molecule has 0 radical (unpaired) electrons. The minimum absolute atomic E-state index is 0.0222. The Bertz CT molecular complexity index is 592. The first-order valence-corrected chi connectivity index (χ1v) is 5.88. The molecule has 1 N–H and O–H groups in total. The molecule has 1 aromatic carbocycles. The van der Waals surface area contributed by atoms with Gasteiger partial charge in [0.25, 0.3) is 0 Å². The third-order valence-electron chi connectivity index (χ3n) is 3.05. The third kappa shape index (κ3) is 2.13. The van der Waals surface area contributed by atoms with Gasteiger partial charge in [-0.1, -0.05) is 19.9 Å². The molecule has 92 valence electrons. The summed E-state index contributed by atoms with van der Waals surface area (Å²) in [5, 5.41) is 3.37. The summed E-state index contributed by atoms with van der Waals surface area (Å²) in [6.07, 6.45) is 0. The maximum atomic E-state index is 11.8. The second-order valence-electron chi connectivity index (χ2n) is 4.76. The van der Waals surface area contributed by atoms with Gasteiger partial charge >= 0.3 is 5.69 Å². The Kier molecular flexibility index (Phi) is 3.07. The molecule has 4 heteroatoms. The Balaban J connectivity index is 2.44. The van der Waals surface area contributed by atoms with Gasteiger partial charge in [0, 0.05) is 26.7 Å². The summed E-state index contributed by atoms with van der Waals surface area (Å²) in [6.45, 7) is 5.07. The Morgan fingerprint density at radius 3 is 2.47 bits per heavy atom. The van der Waals surface area contributed by atoms with Gasteiger partial charge in [-0.25, -0.2) is 4.79 Å². The Hall–Kier alpha value is -1.55. The Labute approximate surface area is 101 Å². The molecule has 1 aromatic heterocycles. The predicted molar refractivity (Wildman–Crippen MR) is 70.1 cm³/mol. The van der Waals surface area contributed by atoms with Crippen LogP contribution in [0.5, 0.6) is 0 Å². The number of benzene rings is 1. The molecule has 4 nitrogen and oxygen atoms in total. The highest BCUT2D eigenvalue weighted by molar-refractivity contribution is 5.76. The first-order chi connectivity index (χ1) is 8.00. The average molecular weight is 233 g/mol. The molecular formula is C13H19N3O. The molecule has 0 unspecified atom stereocenters. The van der Waals surface area contributed by atoms with Crippen molar-refractivity contribution in [2.45, 2.75) is 26.4 Å². The second kappa shape index (κ2) is 4.37. The van der Waals surface area contributed by atoms with Crippen molar-refractivity contribution in [1.29, 1.82) is 0 Å². The molecule has 0 fully saturated rings. The monoisotopic (exact) mass is 233 g/mol. The fraction of sp³-hybridized carbons (Fsp3) is 0.462. The molecule has 2 aromatic rings. The van der Waals surface area contributed by atoms with E-state index in [-0.39, 0.29) is 5.69 Å². The summed E-state index contributed by atoms with van der Waals surface area (Å²) < 4.78 is 3.36. The third-order valence-corrected chi connectivity index (χ3v) is 3.05. The standard InChI is InChI=1S/C13H19N3O/c1-9(2)14-8-10-5-6-11-12(7-10)16(4)13(17)15(11)3/h5-7,9,14H,8H2,1-4H3. The second-order valence-corrected chi connectivity index (χ2v) is 4.76. The van der Waals surface area contributed by atoms with Gasteiger partial charge in [0.05, 0.1) is 11.0 Å². The van der Waals surface area contributed by atoms with Crippen LogP contribution in [0, 0.1) is 0 Å². The molecule has 2 rings (SSSR count). The first-order valence-electron chi connectivity index (χ1n) is 5.88. The molecule has 0 atom stereocenters. The largest absolute Gasteiger partial charge is 0.328 e. The topological polar surface area (TPSA) is 39.0 Å². The molecular weight excluding hydrogens is 214 g/mol. The zero-order valence-electron chi connectivity index (χ0n) is 10.8. The van der Waals surface area contributed by atoms with Crippen LogP contribution in [0.25, 0.3) is 11.0 Å². The van der Waals surface area contributed by atoms with Crippen LogP contribution in [0.1, 0.15) is 19.4 Å². The van der Waals surface area contributed by atoms with Crippen LogP contribution in [0.15, 0.2) is 23.0 Å². The maximum Gasteiger partial charge on any atom is 0.328 e. The van der Waals surface area contributed by atoms with E-state index in [4.69, 9.17) is 0 Å². The molecule has 0 aliphatic heterocycles. The minimum Gasteiger partial charge on any atom is -0.310 e. The van der Waals surface area contributed by atoms with Crippen molar-refractivity contribution in [2.24, 2.45) is 14.1 Å². The van der Waals surface area contributed by atoms with E-state index in [0.717, 1.165) is 17.6 Å². The highest BCUT2D eigenvalue weighted by atomic mass is 16.1. The minimum atomic E-state index is 0.0222. The fourth-order valence-corrected chi connectivity index (χ4v) is 1.98. The van der Waals surface area contributed by atoms with Gasteiger partial charge in [0.1, 0.15) is 0 Å². The van der Waals surface area contributed by atoms with E-state index in [1.807, 2.05) is 13.1 Å². The zero-order chi connectivity index (χ0) is 12.6. The normalized spacial score (nSPS) is 11.6. The van der Waals surface area contributed by atoms with E-state index in [1.165, 1.54) is 5.56 Å². The lowest BCUT2D eigenvalue weighted by atomic mass is 10.2. The summed E-state index contributed by atoms with van der Waals surface area (Å²) in [7, 11) is 3.61. The van der Waals surface area contributed by atoms with Gasteiger partial charge in [-0.2, -0.15) is 0 Å². The summed E-state index contributed by atoms with van der Waals surface area (Å²) in [5.41, 5.74) is 3.19. The lowest BCUT2D eigenvalue weighted by molar-refractivity contribution is 0.589. The van der Waals surface area contributed by atoms with Gasteiger partial charge < -0.3 is 5.32 Å². The van der Waals surface area contributed by atoms with Crippen LogP contribution in [0.2, 0.25) is 0 Å². The van der Waals surface area contributed by atoms with Crippen molar-refractivity contribution < 1.29 is 0 Å².